The molecule has 104 valence electrons. The smallest absolute Gasteiger partial charge is 0.0606 e. The van der Waals surface area contributed by atoms with Crippen molar-refractivity contribution in [1.82, 2.24) is 4.98 Å². The Kier molecular flexibility index (Phi) is 2.93. The van der Waals surface area contributed by atoms with Crippen molar-refractivity contribution in [2.45, 2.75) is 18.2 Å². The fourth-order valence-electron chi connectivity index (χ4n) is 3.16. The van der Waals surface area contributed by atoms with E-state index >= 15 is 0 Å². The summed E-state index contributed by atoms with van der Waals surface area (Å²) in [6.07, 6.45) is 7.93. The SMILES string of the molecule is CC1C=C(c2ccc3c([nH]c4ccccc43)c2S)C=CC1. The quantitative estimate of drug-likeness (QED) is 0.544. The van der Waals surface area contributed by atoms with Gasteiger partial charge in [0.05, 0.1) is 5.52 Å². The van der Waals surface area contributed by atoms with Crippen molar-refractivity contribution in [3.8, 4) is 0 Å². The number of rotatable bonds is 1. The third kappa shape index (κ3) is 2.02. The monoisotopic (exact) mass is 291 g/mol. The number of nitrogens with one attached hydrogen (secondary N) is 1. The molecular formula is C19H17NS. The van der Waals surface area contributed by atoms with Crippen LogP contribution < -0.4 is 0 Å². The van der Waals surface area contributed by atoms with Crippen LogP contribution in [0.4, 0.5) is 0 Å². The van der Waals surface area contributed by atoms with E-state index < -0.39 is 0 Å². The highest BCUT2D eigenvalue weighted by Gasteiger charge is 2.13. The zero-order valence-electron chi connectivity index (χ0n) is 11.9. The second-order valence-electron chi connectivity index (χ2n) is 5.79. The van der Waals surface area contributed by atoms with Gasteiger partial charge in [-0.3, -0.25) is 0 Å². The van der Waals surface area contributed by atoms with Gasteiger partial charge < -0.3 is 4.98 Å². The summed E-state index contributed by atoms with van der Waals surface area (Å²) in [5.41, 5.74) is 4.78. The van der Waals surface area contributed by atoms with E-state index in [-0.39, 0.29) is 0 Å². The van der Waals surface area contributed by atoms with Crippen molar-refractivity contribution >= 4 is 40.0 Å². The zero-order valence-corrected chi connectivity index (χ0v) is 12.8. The van der Waals surface area contributed by atoms with E-state index in [1.165, 1.54) is 27.4 Å². The van der Waals surface area contributed by atoms with E-state index in [0.29, 0.717) is 5.92 Å². The third-order valence-corrected chi connectivity index (χ3v) is 4.70. The van der Waals surface area contributed by atoms with E-state index in [9.17, 15) is 0 Å². The first-order valence-electron chi connectivity index (χ1n) is 7.35. The van der Waals surface area contributed by atoms with Gasteiger partial charge in [-0.1, -0.05) is 55.5 Å². The molecule has 4 rings (SSSR count). The number of allylic oxidation sites excluding steroid dienone is 4. The lowest BCUT2D eigenvalue weighted by Gasteiger charge is -2.14. The van der Waals surface area contributed by atoms with Crippen LogP contribution in [0, 0.1) is 5.92 Å². The van der Waals surface area contributed by atoms with Crippen LogP contribution in [0.15, 0.2) is 59.5 Å². The van der Waals surface area contributed by atoms with E-state index in [0.717, 1.165) is 16.8 Å². The number of fused-ring (bicyclic) bond motifs is 3. The molecule has 0 bridgehead atoms. The largest absolute Gasteiger partial charge is 0.354 e. The van der Waals surface area contributed by atoms with E-state index in [1.54, 1.807) is 0 Å². The molecule has 21 heavy (non-hydrogen) atoms. The molecule has 0 fully saturated rings. The molecular weight excluding hydrogens is 274 g/mol. The van der Waals surface area contributed by atoms with Crippen molar-refractivity contribution in [1.29, 1.82) is 0 Å². The third-order valence-electron chi connectivity index (χ3n) is 4.24. The molecule has 2 heteroatoms. The normalized spacial score (nSPS) is 18.4. The lowest BCUT2D eigenvalue weighted by atomic mass is 9.93. The molecule has 1 unspecified atom stereocenters. The summed E-state index contributed by atoms with van der Waals surface area (Å²) in [5.74, 6) is 0.594. The van der Waals surface area contributed by atoms with Gasteiger partial charge in [-0.05, 0) is 29.5 Å². The van der Waals surface area contributed by atoms with E-state index in [2.05, 4.69) is 66.5 Å². The van der Waals surface area contributed by atoms with Crippen LogP contribution in [-0.4, -0.2) is 4.98 Å². The average molecular weight is 291 g/mol. The number of hydrogen-bond donors (Lipinski definition) is 2. The van der Waals surface area contributed by atoms with Gasteiger partial charge >= 0.3 is 0 Å². The van der Waals surface area contributed by atoms with E-state index in [1.807, 2.05) is 0 Å². The van der Waals surface area contributed by atoms with Crippen molar-refractivity contribution in [3.05, 3.63) is 60.2 Å². The molecule has 2 aromatic carbocycles. The molecule has 0 spiro atoms. The Morgan fingerprint density at radius 2 is 1.95 bits per heavy atom. The predicted octanol–water partition coefficient (Wildman–Crippen LogP) is 5.59. The lowest BCUT2D eigenvalue weighted by Crippen LogP contribution is -1.96. The fraction of sp³-hybridized carbons (Fsp3) is 0.158. The summed E-state index contributed by atoms with van der Waals surface area (Å²) in [6.45, 7) is 2.25. The summed E-state index contributed by atoms with van der Waals surface area (Å²) in [5, 5.41) is 2.50. The predicted molar refractivity (Wildman–Crippen MR) is 94.0 cm³/mol. The molecule has 1 nitrogen and oxygen atoms in total. The van der Waals surface area contributed by atoms with Gasteiger partial charge in [-0.15, -0.1) is 12.6 Å². The molecule has 0 amide bonds. The molecule has 0 aliphatic heterocycles. The Balaban J connectivity index is 1.98. The molecule has 1 N–H and O–H groups in total. The first-order chi connectivity index (χ1) is 10.2. The van der Waals surface area contributed by atoms with Gasteiger partial charge in [-0.2, -0.15) is 0 Å². The van der Waals surface area contributed by atoms with Crippen LogP contribution in [0.2, 0.25) is 0 Å². The first kappa shape index (κ1) is 12.8. The van der Waals surface area contributed by atoms with Crippen LogP contribution in [-0.2, 0) is 0 Å². The topological polar surface area (TPSA) is 15.8 Å². The molecule has 1 atom stereocenters. The Bertz CT molecular complexity index is 898. The number of aromatic nitrogens is 1. The molecule has 3 aromatic rings. The number of para-hydroxylation sites is 1. The standard InChI is InChI=1S/C19H17NS/c1-12-5-4-6-13(11-12)14-9-10-16-15-7-2-3-8-17(15)20-18(16)19(14)21/h2-4,6-12,20-21H,5H2,1H3. The van der Waals surface area contributed by atoms with Gasteiger partial charge in [-0.25, -0.2) is 0 Å². The number of hydrogen-bond acceptors (Lipinski definition) is 1. The van der Waals surface area contributed by atoms with Gasteiger partial charge in [0, 0.05) is 21.2 Å². The Hall–Kier alpha value is -1.93. The Labute approximate surface area is 129 Å². The summed E-state index contributed by atoms with van der Waals surface area (Å²) in [4.78, 5) is 4.55. The Morgan fingerprint density at radius 3 is 2.81 bits per heavy atom. The van der Waals surface area contributed by atoms with Crippen molar-refractivity contribution in [2.24, 2.45) is 5.92 Å². The van der Waals surface area contributed by atoms with Crippen molar-refractivity contribution < 1.29 is 0 Å². The van der Waals surface area contributed by atoms with Gasteiger partial charge in [0.25, 0.3) is 0 Å². The lowest BCUT2D eigenvalue weighted by molar-refractivity contribution is 0.739. The van der Waals surface area contributed by atoms with Crippen LogP contribution >= 0.6 is 12.6 Å². The maximum atomic E-state index is 4.81. The molecule has 0 radical (unpaired) electrons. The molecule has 0 saturated heterocycles. The zero-order chi connectivity index (χ0) is 14.4. The second kappa shape index (κ2) is 4.81. The minimum absolute atomic E-state index is 0.594. The maximum Gasteiger partial charge on any atom is 0.0606 e. The summed E-state index contributed by atoms with van der Waals surface area (Å²) in [7, 11) is 0. The highest BCUT2D eigenvalue weighted by Crippen LogP contribution is 2.36. The maximum absolute atomic E-state index is 4.81. The minimum Gasteiger partial charge on any atom is -0.354 e. The fourth-order valence-corrected chi connectivity index (χ4v) is 3.54. The molecule has 0 saturated carbocycles. The summed E-state index contributed by atoms with van der Waals surface area (Å²) >= 11 is 4.81. The number of thiol groups is 1. The van der Waals surface area contributed by atoms with E-state index in [4.69, 9.17) is 12.6 Å². The molecule has 1 heterocycles. The summed E-state index contributed by atoms with van der Waals surface area (Å²) < 4.78 is 0. The number of H-pyrrole nitrogens is 1. The van der Waals surface area contributed by atoms with Gasteiger partial charge in [0.2, 0.25) is 0 Å². The number of benzene rings is 2. The highest BCUT2D eigenvalue weighted by molar-refractivity contribution is 7.80. The summed E-state index contributed by atoms with van der Waals surface area (Å²) in [6, 6.07) is 12.8. The molecule has 1 aromatic heterocycles. The Morgan fingerprint density at radius 1 is 1.10 bits per heavy atom. The van der Waals surface area contributed by atoms with Crippen LogP contribution in [0.25, 0.3) is 27.4 Å². The second-order valence-corrected chi connectivity index (χ2v) is 6.24. The van der Waals surface area contributed by atoms with Crippen LogP contribution in [0.5, 0.6) is 0 Å². The minimum atomic E-state index is 0.594. The van der Waals surface area contributed by atoms with Crippen LogP contribution in [0.3, 0.4) is 0 Å². The van der Waals surface area contributed by atoms with Crippen molar-refractivity contribution in [3.63, 3.8) is 0 Å². The highest BCUT2D eigenvalue weighted by atomic mass is 32.1. The average Bonchev–Trinajstić information content (AvgIpc) is 2.87. The van der Waals surface area contributed by atoms with Gasteiger partial charge in [0.1, 0.15) is 0 Å². The van der Waals surface area contributed by atoms with Crippen molar-refractivity contribution in [2.75, 3.05) is 0 Å². The number of aromatic amines is 1. The first-order valence-corrected chi connectivity index (χ1v) is 7.80. The van der Waals surface area contributed by atoms with Gasteiger partial charge in [0.15, 0.2) is 0 Å². The van der Waals surface area contributed by atoms with Crippen LogP contribution in [0.1, 0.15) is 18.9 Å². The molecule has 1 aliphatic rings. The molecule has 1 aliphatic carbocycles.